The molecule has 1 rings (SSSR count). The average Bonchev–Trinajstić information content (AvgIpc) is 2.29. The van der Waals surface area contributed by atoms with E-state index >= 15 is 0 Å². The van der Waals surface area contributed by atoms with Crippen LogP contribution in [-0.2, 0) is 0 Å². The molecule has 0 fully saturated rings. The molecule has 0 radical (unpaired) electrons. The first-order valence-electron chi connectivity index (χ1n) is 5.23. The minimum absolute atomic E-state index is 0.0953. The maximum atomic E-state index is 13.2. The summed E-state index contributed by atoms with van der Waals surface area (Å²) in [5.41, 5.74) is 4.68. The van der Waals surface area contributed by atoms with Crippen LogP contribution < -0.4 is 10.5 Å². The Hall–Kier alpha value is -0.890. The van der Waals surface area contributed by atoms with Gasteiger partial charge in [-0.3, -0.25) is 0 Å². The van der Waals surface area contributed by atoms with Crippen LogP contribution in [0.25, 0.3) is 0 Å². The lowest BCUT2D eigenvalue weighted by Crippen LogP contribution is -2.46. The van der Waals surface area contributed by atoms with E-state index in [1.807, 2.05) is 0 Å². The Morgan fingerprint density at radius 1 is 1.26 bits per heavy atom. The number of hydrogen-bond donors (Lipinski definition) is 1. The summed E-state index contributed by atoms with van der Waals surface area (Å²) in [6.45, 7) is 1.71. The summed E-state index contributed by atoms with van der Waals surface area (Å²) in [4.78, 5) is 0. The van der Waals surface area contributed by atoms with Crippen LogP contribution in [0.1, 0.15) is 18.5 Å². The second-order valence-corrected chi connectivity index (χ2v) is 4.63. The van der Waals surface area contributed by atoms with Gasteiger partial charge in [-0.1, -0.05) is 15.9 Å². The zero-order valence-corrected chi connectivity index (χ0v) is 11.4. The number of halogens is 6. The highest BCUT2D eigenvalue weighted by atomic mass is 79.9. The molecular weight excluding hydrogens is 337 g/mol. The van der Waals surface area contributed by atoms with Crippen molar-refractivity contribution >= 4 is 15.9 Å². The topological polar surface area (TPSA) is 35.2 Å². The third-order valence-corrected chi connectivity index (χ3v) is 2.87. The molecule has 19 heavy (non-hydrogen) atoms. The Balaban J connectivity index is 3.25. The van der Waals surface area contributed by atoms with Crippen LogP contribution in [0.2, 0.25) is 0 Å². The van der Waals surface area contributed by atoms with E-state index in [1.54, 1.807) is 6.92 Å². The molecule has 1 aromatic rings. The standard InChI is InChI=1S/C11H11BrF5NO/c1-2-19-8-4-3-6(12)5-7(8)9(18)10(13,14)11(15,16)17/h3-5,9H,2,18H2,1H3/t9-/m1/s1. The first-order valence-corrected chi connectivity index (χ1v) is 6.03. The van der Waals surface area contributed by atoms with Crippen LogP contribution in [0, 0.1) is 0 Å². The van der Waals surface area contributed by atoms with Gasteiger partial charge in [0.05, 0.1) is 6.61 Å². The lowest BCUT2D eigenvalue weighted by Gasteiger charge is -2.27. The van der Waals surface area contributed by atoms with Crippen LogP contribution in [0.3, 0.4) is 0 Å². The molecule has 1 atom stereocenters. The fourth-order valence-corrected chi connectivity index (χ4v) is 1.80. The number of ether oxygens (including phenoxy) is 1. The molecule has 2 nitrogen and oxygen atoms in total. The van der Waals surface area contributed by atoms with Gasteiger partial charge in [-0.25, -0.2) is 0 Å². The number of benzene rings is 1. The van der Waals surface area contributed by atoms with E-state index in [0.717, 1.165) is 6.07 Å². The van der Waals surface area contributed by atoms with Gasteiger partial charge in [-0.15, -0.1) is 0 Å². The van der Waals surface area contributed by atoms with Crippen LogP contribution >= 0.6 is 15.9 Å². The first kappa shape index (κ1) is 16.2. The third kappa shape index (κ3) is 3.36. The summed E-state index contributed by atoms with van der Waals surface area (Å²) in [5, 5.41) is 0. The van der Waals surface area contributed by atoms with Crippen LogP contribution in [0.4, 0.5) is 22.0 Å². The Labute approximate surface area is 114 Å². The molecule has 2 N–H and O–H groups in total. The van der Waals surface area contributed by atoms with Gasteiger partial charge in [0, 0.05) is 10.0 Å². The largest absolute Gasteiger partial charge is 0.494 e. The molecule has 0 bridgehead atoms. The van der Waals surface area contributed by atoms with E-state index in [-0.39, 0.29) is 12.4 Å². The summed E-state index contributed by atoms with van der Waals surface area (Å²) in [6, 6.07) is 1.31. The Morgan fingerprint density at radius 2 is 1.84 bits per heavy atom. The zero-order valence-electron chi connectivity index (χ0n) is 9.77. The number of rotatable bonds is 4. The normalized spacial score (nSPS) is 14.3. The quantitative estimate of drug-likeness (QED) is 0.834. The van der Waals surface area contributed by atoms with Crippen molar-refractivity contribution in [3.8, 4) is 5.75 Å². The minimum Gasteiger partial charge on any atom is -0.494 e. The summed E-state index contributed by atoms with van der Waals surface area (Å²) in [5.74, 6) is -5.14. The molecule has 0 aliphatic rings. The van der Waals surface area contributed by atoms with Gasteiger partial charge in [0.1, 0.15) is 11.8 Å². The van der Waals surface area contributed by atoms with Crippen molar-refractivity contribution < 1.29 is 26.7 Å². The Bertz CT molecular complexity index is 449. The van der Waals surface area contributed by atoms with Crippen LogP contribution in [-0.4, -0.2) is 18.7 Å². The summed E-state index contributed by atoms with van der Waals surface area (Å²) in [6.07, 6.45) is -5.72. The van der Waals surface area contributed by atoms with Gasteiger partial charge in [0.15, 0.2) is 0 Å². The van der Waals surface area contributed by atoms with Crippen molar-refractivity contribution in [3.63, 3.8) is 0 Å². The van der Waals surface area contributed by atoms with E-state index in [0.29, 0.717) is 4.47 Å². The molecule has 0 aliphatic heterocycles. The zero-order chi connectivity index (χ0) is 14.8. The van der Waals surface area contributed by atoms with Gasteiger partial charge in [0.25, 0.3) is 0 Å². The maximum Gasteiger partial charge on any atom is 0.455 e. The Kier molecular flexibility index (Phi) is 4.78. The van der Waals surface area contributed by atoms with Gasteiger partial charge in [-0.2, -0.15) is 22.0 Å². The van der Waals surface area contributed by atoms with Gasteiger partial charge < -0.3 is 10.5 Å². The van der Waals surface area contributed by atoms with Gasteiger partial charge in [-0.05, 0) is 25.1 Å². The number of nitrogens with two attached hydrogens (primary N) is 1. The van der Waals surface area contributed by atoms with Crippen LogP contribution in [0.5, 0.6) is 5.75 Å². The second-order valence-electron chi connectivity index (χ2n) is 3.71. The number of alkyl halides is 5. The highest BCUT2D eigenvalue weighted by Crippen LogP contribution is 2.45. The fourth-order valence-electron chi connectivity index (χ4n) is 1.42. The molecular formula is C11H11BrF5NO. The summed E-state index contributed by atoms with van der Waals surface area (Å²) in [7, 11) is 0. The molecule has 0 unspecified atom stereocenters. The first-order chi connectivity index (χ1) is 8.61. The molecule has 0 saturated carbocycles. The third-order valence-electron chi connectivity index (χ3n) is 2.38. The van der Waals surface area contributed by atoms with Crippen molar-refractivity contribution in [2.75, 3.05) is 6.61 Å². The van der Waals surface area contributed by atoms with E-state index < -0.39 is 23.7 Å². The van der Waals surface area contributed by atoms with Crippen molar-refractivity contribution in [1.29, 1.82) is 0 Å². The smallest absolute Gasteiger partial charge is 0.455 e. The maximum absolute atomic E-state index is 13.2. The van der Waals surface area contributed by atoms with E-state index in [2.05, 4.69) is 15.9 Å². The van der Waals surface area contributed by atoms with Crippen molar-refractivity contribution in [3.05, 3.63) is 28.2 Å². The van der Waals surface area contributed by atoms with E-state index in [4.69, 9.17) is 10.5 Å². The number of hydrogen-bond acceptors (Lipinski definition) is 2. The lowest BCUT2D eigenvalue weighted by atomic mass is 10.00. The van der Waals surface area contributed by atoms with Crippen LogP contribution in [0.15, 0.2) is 22.7 Å². The summed E-state index contributed by atoms with van der Waals surface area (Å²) < 4.78 is 68.7. The molecule has 0 aromatic heterocycles. The highest BCUT2D eigenvalue weighted by molar-refractivity contribution is 9.10. The molecule has 0 spiro atoms. The molecule has 8 heteroatoms. The lowest BCUT2D eigenvalue weighted by molar-refractivity contribution is -0.291. The second kappa shape index (κ2) is 5.62. The molecule has 0 heterocycles. The molecule has 0 saturated heterocycles. The SMILES string of the molecule is CCOc1ccc(Br)cc1[C@@H](N)C(F)(F)C(F)(F)F. The fraction of sp³-hybridized carbons (Fsp3) is 0.455. The van der Waals surface area contributed by atoms with Crippen molar-refractivity contribution in [1.82, 2.24) is 0 Å². The predicted molar refractivity (Wildman–Crippen MR) is 63.2 cm³/mol. The van der Waals surface area contributed by atoms with Crippen molar-refractivity contribution in [2.24, 2.45) is 5.73 Å². The molecule has 108 valence electrons. The monoisotopic (exact) mass is 347 g/mol. The highest BCUT2D eigenvalue weighted by Gasteiger charge is 2.62. The van der Waals surface area contributed by atoms with Gasteiger partial charge >= 0.3 is 12.1 Å². The van der Waals surface area contributed by atoms with E-state index in [9.17, 15) is 22.0 Å². The molecule has 0 amide bonds. The predicted octanol–water partition coefficient (Wildman–Crippen LogP) is 4.05. The molecule has 1 aromatic carbocycles. The van der Waals surface area contributed by atoms with Crippen molar-refractivity contribution in [2.45, 2.75) is 25.1 Å². The Morgan fingerprint density at radius 3 is 2.32 bits per heavy atom. The van der Waals surface area contributed by atoms with Gasteiger partial charge in [0.2, 0.25) is 0 Å². The molecule has 0 aliphatic carbocycles. The summed E-state index contributed by atoms with van der Waals surface area (Å²) >= 11 is 3.00. The average molecular weight is 348 g/mol. The minimum atomic E-state index is -5.72. The van der Waals surface area contributed by atoms with E-state index in [1.165, 1.54) is 12.1 Å².